The third-order valence-corrected chi connectivity index (χ3v) is 5.97. The molecule has 0 fully saturated rings. The number of esters is 1. The third-order valence-electron chi connectivity index (χ3n) is 4.93. The molecule has 2 rings (SSSR count). The summed E-state index contributed by atoms with van der Waals surface area (Å²) in [4.78, 5) is 52.3. The van der Waals surface area contributed by atoms with Crippen molar-refractivity contribution < 1.29 is 23.9 Å². The first-order chi connectivity index (χ1) is 14.8. The van der Waals surface area contributed by atoms with Crippen LogP contribution in [0, 0.1) is 12.8 Å². The number of Topliss-reactive ketones (excluding diaryl/α,β-unsaturated/α-hetero) is 2. The van der Waals surface area contributed by atoms with Gasteiger partial charge in [0, 0.05) is 43.6 Å². The summed E-state index contributed by atoms with van der Waals surface area (Å²) in [5.41, 5.74) is 0.941. The molecular weight excluding hydrogens is 414 g/mol. The second-order valence-corrected chi connectivity index (χ2v) is 8.84. The van der Waals surface area contributed by atoms with Gasteiger partial charge in [-0.1, -0.05) is 37.3 Å². The van der Waals surface area contributed by atoms with E-state index >= 15 is 0 Å². The van der Waals surface area contributed by atoms with Crippen molar-refractivity contribution in [2.24, 2.45) is 5.92 Å². The van der Waals surface area contributed by atoms with Crippen LogP contribution in [0.1, 0.15) is 52.7 Å². The van der Waals surface area contributed by atoms with Gasteiger partial charge in [-0.15, -0.1) is 11.3 Å². The minimum Gasteiger partial charge on any atom is -0.469 e. The molecule has 7 heteroatoms. The van der Waals surface area contributed by atoms with Crippen LogP contribution in [-0.2, 0) is 25.7 Å². The second-order valence-electron chi connectivity index (χ2n) is 7.56. The smallest absolute Gasteiger partial charge is 0.310 e. The molecule has 0 bridgehead atoms. The summed E-state index contributed by atoms with van der Waals surface area (Å²) in [5, 5.41) is 0. The largest absolute Gasteiger partial charge is 0.469 e. The van der Waals surface area contributed by atoms with Crippen LogP contribution in [-0.4, -0.2) is 42.0 Å². The normalized spacial score (nSPS) is 11.6. The quantitative estimate of drug-likeness (QED) is 0.363. The molecule has 0 saturated carbocycles. The maximum Gasteiger partial charge on any atom is 0.310 e. The van der Waals surface area contributed by atoms with E-state index in [9.17, 15) is 19.2 Å². The summed E-state index contributed by atoms with van der Waals surface area (Å²) in [7, 11) is 1.32. The zero-order chi connectivity index (χ0) is 22.8. The van der Waals surface area contributed by atoms with Crippen LogP contribution in [0.2, 0.25) is 0 Å². The molecule has 1 amide bonds. The van der Waals surface area contributed by atoms with E-state index < -0.39 is 5.92 Å². The molecular formula is C24H29NO5S. The molecule has 0 radical (unpaired) electrons. The summed E-state index contributed by atoms with van der Waals surface area (Å²) < 4.78 is 4.77. The molecule has 0 aliphatic heterocycles. The fourth-order valence-corrected chi connectivity index (χ4v) is 3.99. The number of carbonyl (C=O) groups excluding carboxylic acids is 4. The lowest BCUT2D eigenvalue weighted by Gasteiger charge is -2.25. The number of ether oxygens (including phenoxy) is 1. The van der Waals surface area contributed by atoms with Gasteiger partial charge in [0.1, 0.15) is 5.78 Å². The van der Waals surface area contributed by atoms with E-state index in [0.29, 0.717) is 11.4 Å². The molecule has 0 saturated heterocycles. The Bertz CT molecular complexity index is 906. The van der Waals surface area contributed by atoms with E-state index in [1.165, 1.54) is 18.4 Å². The maximum absolute atomic E-state index is 12.8. The van der Waals surface area contributed by atoms with Crippen molar-refractivity contribution in [3.05, 3.63) is 57.8 Å². The Kier molecular flexibility index (Phi) is 9.59. The fraction of sp³-hybridized carbons (Fsp3) is 0.417. The van der Waals surface area contributed by atoms with Gasteiger partial charge in [-0.05, 0) is 24.6 Å². The number of hydrogen-bond acceptors (Lipinski definition) is 6. The van der Waals surface area contributed by atoms with Crippen LogP contribution in [0.25, 0.3) is 0 Å². The molecule has 1 unspecified atom stereocenters. The highest BCUT2D eigenvalue weighted by Crippen LogP contribution is 2.18. The topological polar surface area (TPSA) is 80.8 Å². The number of thiophene rings is 1. The molecule has 1 heterocycles. The SMILES string of the molecule is COC(=O)C(C)CN(Cc1ccccc1)C(=O)CCC(=O)CCC(=O)c1ccc(C)s1. The number of aryl methyl sites for hydroxylation is 1. The highest BCUT2D eigenvalue weighted by Gasteiger charge is 2.22. The van der Waals surface area contributed by atoms with Crippen molar-refractivity contribution in [3.63, 3.8) is 0 Å². The number of methoxy groups -OCH3 is 1. The zero-order valence-corrected chi connectivity index (χ0v) is 19.1. The minimum absolute atomic E-state index is 0.0459. The average Bonchev–Trinajstić information content (AvgIpc) is 3.21. The molecule has 1 aromatic heterocycles. The van der Waals surface area contributed by atoms with Crippen molar-refractivity contribution >= 4 is 34.8 Å². The molecule has 1 atom stereocenters. The van der Waals surface area contributed by atoms with Crippen molar-refractivity contribution in [1.29, 1.82) is 0 Å². The molecule has 0 aliphatic carbocycles. The van der Waals surface area contributed by atoms with Crippen molar-refractivity contribution in [2.45, 2.75) is 46.1 Å². The van der Waals surface area contributed by atoms with Gasteiger partial charge in [-0.2, -0.15) is 0 Å². The lowest BCUT2D eigenvalue weighted by Crippen LogP contribution is -2.37. The molecule has 0 spiro atoms. The second kappa shape index (κ2) is 12.2. The first-order valence-corrected chi connectivity index (χ1v) is 11.1. The molecule has 0 N–H and O–H groups in total. The van der Waals surface area contributed by atoms with E-state index in [0.717, 1.165) is 10.4 Å². The number of rotatable bonds is 12. The number of ketones is 2. The molecule has 1 aromatic carbocycles. The Hall–Kier alpha value is -2.80. The van der Waals surface area contributed by atoms with Gasteiger partial charge in [0.2, 0.25) is 5.91 Å². The number of carbonyl (C=O) groups is 4. The van der Waals surface area contributed by atoms with E-state index in [4.69, 9.17) is 4.74 Å². The van der Waals surface area contributed by atoms with Gasteiger partial charge in [0.15, 0.2) is 5.78 Å². The van der Waals surface area contributed by atoms with Crippen LogP contribution in [0.5, 0.6) is 0 Å². The van der Waals surface area contributed by atoms with Gasteiger partial charge in [-0.3, -0.25) is 19.2 Å². The van der Waals surface area contributed by atoms with E-state index in [-0.39, 0.29) is 55.7 Å². The Balaban J connectivity index is 1.89. The third kappa shape index (κ3) is 8.09. The maximum atomic E-state index is 12.8. The van der Waals surface area contributed by atoms with Gasteiger partial charge in [-0.25, -0.2) is 0 Å². The predicted molar refractivity (Wildman–Crippen MR) is 120 cm³/mol. The molecule has 31 heavy (non-hydrogen) atoms. The predicted octanol–water partition coefficient (Wildman–Crippen LogP) is 4.21. The van der Waals surface area contributed by atoms with E-state index in [2.05, 4.69) is 0 Å². The van der Waals surface area contributed by atoms with Crippen molar-refractivity contribution in [3.8, 4) is 0 Å². The van der Waals surface area contributed by atoms with Gasteiger partial charge in [0.25, 0.3) is 0 Å². The van der Waals surface area contributed by atoms with Crippen LogP contribution in [0.4, 0.5) is 0 Å². The fourth-order valence-electron chi connectivity index (χ4n) is 3.15. The Labute approximate surface area is 187 Å². The number of amides is 1. The van der Waals surface area contributed by atoms with Crippen LogP contribution in [0.3, 0.4) is 0 Å². The molecule has 0 aliphatic rings. The first kappa shape index (κ1) is 24.5. The first-order valence-electron chi connectivity index (χ1n) is 10.3. The molecule has 166 valence electrons. The monoisotopic (exact) mass is 443 g/mol. The van der Waals surface area contributed by atoms with E-state index in [1.54, 1.807) is 17.9 Å². The van der Waals surface area contributed by atoms with Gasteiger partial charge < -0.3 is 9.64 Å². The lowest BCUT2D eigenvalue weighted by atomic mass is 10.1. The summed E-state index contributed by atoms with van der Waals surface area (Å²) in [5.74, 6) is -1.22. The number of benzene rings is 1. The van der Waals surface area contributed by atoms with Crippen LogP contribution >= 0.6 is 11.3 Å². The standard InChI is InChI=1S/C24H29NO5S/c1-17(24(29)30-3)15-25(16-19-7-5-4-6-8-19)23(28)14-11-20(26)10-12-21(27)22-13-9-18(2)31-22/h4-9,13,17H,10-12,14-16H2,1-3H3. The Morgan fingerprint density at radius 2 is 1.65 bits per heavy atom. The summed E-state index contributed by atoms with van der Waals surface area (Å²) in [6.07, 6.45) is 0.403. The highest BCUT2D eigenvalue weighted by atomic mass is 32.1. The van der Waals surface area contributed by atoms with E-state index in [1.807, 2.05) is 43.3 Å². The van der Waals surface area contributed by atoms with Crippen LogP contribution < -0.4 is 0 Å². The van der Waals surface area contributed by atoms with Crippen LogP contribution in [0.15, 0.2) is 42.5 Å². The summed E-state index contributed by atoms with van der Waals surface area (Å²) in [6, 6.07) is 13.1. The van der Waals surface area contributed by atoms with Crippen molar-refractivity contribution in [1.82, 2.24) is 4.90 Å². The van der Waals surface area contributed by atoms with Gasteiger partial charge in [0.05, 0.1) is 17.9 Å². The minimum atomic E-state index is -0.472. The zero-order valence-electron chi connectivity index (χ0n) is 18.3. The Morgan fingerprint density at radius 1 is 0.968 bits per heavy atom. The molecule has 2 aromatic rings. The van der Waals surface area contributed by atoms with Gasteiger partial charge >= 0.3 is 5.97 Å². The molecule has 6 nitrogen and oxygen atoms in total. The average molecular weight is 444 g/mol. The Morgan fingerprint density at radius 3 is 2.26 bits per heavy atom. The summed E-state index contributed by atoms with van der Waals surface area (Å²) in [6.45, 7) is 4.21. The number of nitrogens with zero attached hydrogens (tertiary/aromatic N) is 1. The summed E-state index contributed by atoms with van der Waals surface area (Å²) >= 11 is 1.42. The number of hydrogen-bond donors (Lipinski definition) is 0. The highest BCUT2D eigenvalue weighted by molar-refractivity contribution is 7.14. The lowest BCUT2D eigenvalue weighted by molar-refractivity contribution is -0.146. The van der Waals surface area contributed by atoms with Crippen molar-refractivity contribution in [2.75, 3.05) is 13.7 Å².